The summed E-state index contributed by atoms with van der Waals surface area (Å²) in [5.74, 6) is -0.212. The van der Waals surface area contributed by atoms with Crippen LogP contribution in [0.3, 0.4) is 0 Å². The molecule has 8 heteroatoms. The second-order valence-corrected chi connectivity index (χ2v) is 7.24. The molecule has 0 saturated heterocycles. The Morgan fingerprint density at radius 1 is 1.21 bits per heavy atom. The van der Waals surface area contributed by atoms with E-state index in [1.165, 1.54) is 11.3 Å². The van der Waals surface area contributed by atoms with Crippen LogP contribution in [0, 0.1) is 6.92 Å². The number of rotatable bonds is 6. The van der Waals surface area contributed by atoms with E-state index >= 15 is 0 Å². The van der Waals surface area contributed by atoms with E-state index in [1.807, 2.05) is 61.0 Å². The maximum atomic E-state index is 12.1. The molecule has 0 unspecified atom stereocenters. The van der Waals surface area contributed by atoms with Crippen LogP contribution >= 0.6 is 11.3 Å². The topological polar surface area (TPSA) is 85.1 Å². The SMILES string of the molecule is Cc1csc(CC(=O)N/N=C\c2cn(-c3ccccc3)nc2-c2ccncc2)n1. The zero-order valence-corrected chi connectivity index (χ0v) is 16.5. The van der Waals surface area contributed by atoms with Crippen LogP contribution in [-0.4, -0.2) is 31.9 Å². The van der Waals surface area contributed by atoms with E-state index in [-0.39, 0.29) is 12.3 Å². The first kappa shape index (κ1) is 18.7. The molecule has 0 aliphatic rings. The van der Waals surface area contributed by atoms with Gasteiger partial charge < -0.3 is 0 Å². The highest BCUT2D eigenvalue weighted by atomic mass is 32.1. The fourth-order valence-electron chi connectivity index (χ4n) is 2.76. The van der Waals surface area contributed by atoms with Crippen LogP contribution < -0.4 is 5.43 Å². The molecule has 1 amide bonds. The molecule has 29 heavy (non-hydrogen) atoms. The van der Waals surface area contributed by atoms with Gasteiger partial charge >= 0.3 is 0 Å². The van der Waals surface area contributed by atoms with E-state index < -0.39 is 0 Å². The summed E-state index contributed by atoms with van der Waals surface area (Å²) >= 11 is 1.47. The first-order chi connectivity index (χ1) is 14.2. The Balaban J connectivity index is 1.56. The summed E-state index contributed by atoms with van der Waals surface area (Å²) in [4.78, 5) is 20.5. The van der Waals surface area contributed by atoms with Crippen LogP contribution in [0.15, 0.2) is 71.5 Å². The van der Waals surface area contributed by atoms with E-state index in [9.17, 15) is 4.79 Å². The molecular weight excluding hydrogens is 384 g/mol. The fourth-order valence-corrected chi connectivity index (χ4v) is 3.53. The van der Waals surface area contributed by atoms with Crippen molar-refractivity contribution < 1.29 is 4.79 Å². The van der Waals surface area contributed by atoms with Gasteiger partial charge in [0.05, 0.1) is 18.3 Å². The number of aromatic nitrogens is 4. The third kappa shape index (κ3) is 4.61. The molecule has 144 valence electrons. The summed E-state index contributed by atoms with van der Waals surface area (Å²) < 4.78 is 1.79. The summed E-state index contributed by atoms with van der Waals surface area (Å²) in [5, 5.41) is 11.5. The number of nitrogens with one attached hydrogen (secondary N) is 1. The number of benzene rings is 1. The van der Waals surface area contributed by atoms with Crippen LogP contribution in [0.1, 0.15) is 16.3 Å². The van der Waals surface area contributed by atoms with Crippen LogP contribution in [0.2, 0.25) is 0 Å². The van der Waals surface area contributed by atoms with Crippen molar-refractivity contribution in [2.24, 2.45) is 5.10 Å². The molecule has 3 aromatic heterocycles. The third-order valence-corrected chi connectivity index (χ3v) is 5.05. The van der Waals surface area contributed by atoms with Gasteiger partial charge in [0.15, 0.2) is 0 Å². The number of para-hydroxylation sites is 1. The van der Waals surface area contributed by atoms with Gasteiger partial charge in [-0.05, 0) is 31.2 Å². The normalized spacial score (nSPS) is 11.1. The lowest BCUT2D eigenvalue weighted by Crippen LogP contribution is -2.19. The predicted molar refractivity (Wildman–Crippen MR) is 113 cm³/mol. The minimum absolute atomic E-state index is 0.205. The molecule has 0 atom stereocenters. The molecule has 0 aliphatic heterocycles. The van der Waals surface area contributed by atoms with Gasteiger partial charge in [0.1, 0.15) is 10.7 Å². The average Bonchev–Trinajstić information content (AvgIpc) is 3.35. The lowest BCUT2D eigenvalue weighted by molar-refractivity contribution is -0.120. The number of hydrazone groups is 1. The number of aryl methyl sites for hydroxylation is 1. The summed E-state index contributed by atoms with van der Waals surface area (Å²) in [6.07, 6.45) is 7.12. The molecule has 0 saturated carbocycles. The Morgan fingerprint density at radius 3 is 2.72 bits per heavy atom. The molecule has 1 N–H and O–H groups in total. The van der Waals surface area contributed by atoms with Crippen molar-refractivity contribution in [1.29, 1.82) is 0 Å². The number of carbonyl (C=O) groups is 1. The number of pyridine rings is 1. The van der Waals surface area contributed by atoms with E-state index in [4.69, 9.17) is 5.10 Å². The van der Waals surface area contributed by atoms with Gasteiger partial charge in [-0.3, -0.25) is 9.78 Å². The molecule has 1 aromatic carbocycles. The quantitative estimate of drug-likeness (QED) is 0.396. The van der Waals surface area contributed by atoms with Gasteiger partial charge in [-0.25, -0.2) is 15.1 Å². The van der Waals surface area contributed by atoms with Gasteiger partial charge in [0, 0.05) is 40.8 Å². The van der Waals surface area contributed by atoms with Crippen LogP contribution in [0.5, 0.6) is 0 Å². The zero-order valence-electron chi connectivity index (χ0n) is 15.7. The molecule has 0 aliphatic carbocycles. The van der Waals surface area contributed by atoms with Crippen molar-refractivity contribution in [1.82, 2.24) is 25.2 Å². The molecule has 0 spiro atoms. The second-order valence-electron chi connectivity index (χ2n) is 6.30. The van der Waals surface area contributed by atoms with Gasteiger partial charge in [0.2, 0.25) is 5.91 Å². The smallest absolute Gasteiger partial charge is 0.246 e. The fraction of sp³-hybridized carbons (Fsp3) is 0.0952. The Bertz CT molecular complexity index is 1130. The molecule has 7 nitrogen and oxygen atoms in total. The van der Waals surface area contributed by atoms with E-state index in [0.717, 1.165) is 33.2 Å². The molecule has 4 aromatic rings. The molecule has 0 bridgehead atoms. The average molecular weight is 402 g/mol. The van der Waals surface area contributed by atoms with Gasteiger partial charge in [-0.15, -0.1) is 11.3 Å². The molecule has 0 fully saturated rings. The van der Waals surface area contributed by atoms with E-state index in [1.54, 1.807) is 23.3 Å². The Morgan fingerprint density at radius 2 is 2.00 bits per heavy atom. The summed E-state index contributed by atoms with van der Waals surface area (Å²) in [6, 6.07) is 13.6. The van der Waals surface area contributed by atoms with Gasteiger partial charge in [-0.2, -0.15) is 10.2 Å². The minimum Gasteiger partial charge on any atom is -0.273 e. The highest BCUT2D eigenvalue weighted by Gasteiger charge is 2.11. The largest absolute Gasteiger partial charge is 0.273 e. The second kappa shape index (κ2) is 8.57. The van der Waals surface area contributed by atoms with Crippen LogP contribution in [-0.2, 0) is 11.2 Å². The Labute approximate surface area is 171 Å². The monoisotopic (exact) mass is 402 g/mol. The minimum atomic E-state index is -0.212. The molecule has 4 rings (SSSR count). The number of amides is 1. The first-order valence-corrected chi connectivity index (χ1v) is 9.85. The number of carbonyl (C=O) groups excluding carboxylic acids is 1. The van der Waals surface area contributed by atoms with Crippen molar-refractivity contribution >= 4 is 23.5 Å². The van der Waals surface area contributed by atoms with Crippen molar-refractivity contribution in [3.05, 3.63) is 82.7 Å². The zero-order chi connectivity index (χ0) is 20.1. The van der Waals surface area contributed by atoms with Crippen LogP contribution in [0.4, 0.5) is 0 Å². The van der Waals surface area contributed by atoms with Gasteiger partial charge in [0.25, 0.3) is 0 Å². The highest BCUT2D eigenvalue weighted by molar-refractivity contribution is 7.09. The van der Waals surface area contributed by atoms with Crippen molar-refractivity contribution in [3.63, 3.8) is 0 Å². The number of nitrogens with zero attached hydrogens (tertiary/aromatic N) is 5. The van der Waals surface area contributed by atoms with E-state index in [2.05, 4.69) is 20.5 Å². The lowest BCUT2D eigenvalue weighted by atomic mass is 10.1. The number of hydrogen-bond acceptors (Lipinski definition) is 6. The van der Waals surface area contributed by atoms with Crippen molar-refractivity contribution in [3.8, 4) is 16.9 Å². The molecule has 3 heterocycles. The highest BCUT2D eigenvalue weighted by Crippen LogP contribution is 2.22. The Hall–Kier alpha value is -3.65. The third-order valence-electron chi connectivity index (χ3n) is 4.09. The number of thiazole rings is 1. The van der Waals surface area contributed by atoms with Crippen molar-refractivity contribution in [2.45, 2.75) is 13.3 Å². The summed E-state index contributed by atoms with van der Waals surface area (Å²) in [7, 11) is 0. The Kier molecular flexibility index (Phi) is 5.53. The maximum absolute atomic E-state index is 12.1. The number of hydrogen-bond donors (Lipinski definition) is 1. The van der Waals surface area contributed by atoms with Crippen LogP contribution in [0.25, 0.3) is 16.9 Å². The first-order valence-electron chi connectivity index (χ1n) is 8.97. The van der Waals surface area contributed by atoms with Gasteiger partial charge in [-0.1, -0.05) is 18.2 Å². The lowest BCUT2D eigenvalue weighted by Gasteiger charge is -2.00. The maximum Gasteiger partial charge on any atom is 0.246 e. The standard InChI is InChI=1S/C21H18N6OS/c1-15-14-29-20(24-15)11-19(28)25-23-12-17-13-27(18-5-3-2-4-6-18)26-21(17)16-7-9-22-10-8-16/h2-10,12-14H,11H2,1H3,(H,25,28)/b23-12-. The summed E-state index contributed by atoms with van der Waals surface area (Å²) in [6.45, 7) is 1.90. The predicted octanol–water partition coefficient (Wildman–Crippen LogP) is 3.39. The summed E-state index contributed by atoms with van der Waals surface area (Å²) in [5.41, 5.74) is 6.87. The van der Waals surface area contributed by atoms with Crippen molar-refractivity contribution in [2.75, 3.05) is 0 Å². The van der Waals surface area contributed by atoms with E-state index in [0.29, 0.717) is 0 Å². The molecular formula is C21H18N6OS. The molecule has 0 radical (unpaired) electrons.